The van der Waals surface area contributed by atoms with Gasteiger partial charge in [-0.1, -0.05) is 6.92 Å². The van der Waals surface area contributed by atoms with Gasteiger partial charge in [0.2, 0.25) is 0 Å². The van der Waals surface area contributed by atoms with Crippen LogP contribution in [-0.4, -0.2) is 22.2 Å². The Morgan fingerprint density at radius 3 is 2.71 bits per heavy atom. The van der Waals surface area contributed by atoms with Crippen LogP contribution in [0.15, 0.2) is 18.2 Å². The third kappa shape index (κ3) is 3.13. The zero-order valence-electron chi connectivity index (χ0n) is 9.74. The van der Waals surface area contributed by atoms with E-state index in [0.29, 0.717) is 6.42 Å². The third-order valence-corrected chi connectivity index (χ3v) is 2.72. The quantitative estimate of drug-likeness (QED) is 0.613. The average molecular weight is 242 g/mol. The Kier molecular flexibility index (Phi) is 4.01. The van der Waals surface area contributed by atoms with E-state index in [1.807, 2.05) is 6.92 Å². The lowest BCUT2D eigenvalue weighted by Gasteiger charge is -2.28. The summed E-state index contributed by atoms with van der Waals surface area (Å²) in [4.78, 5) is 10.2. The highest BCUT2D eigenvalue weighted by atomic mass is 19.1. The smallest absolute Gasteiger partial charge is 0.292 e. The molecule has 6 heteroatoms. The van der Waals surface area contributed by atoms with E-state index in [1.165, 1.54) is 0 Å². The minimum atomic E-state index is -0.710. The fourth-order valence-corrected chi connectivity index (χ4v) is 1.33. The minimum absolute atomic E-state index is 0.0772. The van der Waals surface area contributed by atoms with Gasteiger partial charge in [0.15, 0.2) is 0 Å². The molecule has 1 atom stereocenters. The molecule has 0 aliphatic carbocycles. The molecule has 0 aliphatic heterocycles. The van der Waals surface area contributed by atoms with Crippen LogP contribution in [0.3, 0.4) is 0 Å². The van der Waals surface area contributed by atoms with Crippen LogP contribution >= 0.6 is 0 Å². The Bertz CT molecular complexity index is 419. The van der Waals surface area contributed by atoms with Crippen LogP contribution in [0.5, 0.6) is 0 Å². The molecule has 0 saturated heterocycles. The van der Waals surface area contributed by atoms with Crippen LogP contribution in [0.1, 0.15) is 20.3 Å². The van der Waals surface area contributed by atoms with Crippen molar-refractivity contribution in [2.24, 2.45) is 0 Å². The standard InChI is InChI=1S/C11H15FN2O3/c1-3-11(2,7-15)13-9-6-8(12)4-5-10(9)14(16)17/h4-6,13,15H,3,7H2,1-2H3. The molecule has 0 heterocycles. The van der Waals surface area contributed by atoms with Gasteiger partial charge in [-0.25, -0.2) is 4.39 Å². The molecule has 0 fully saturated rings. The van der Waals surface area contributed by atoms with Crippen molar-refractivity contribution >= 4 is 11.4 Å². The highest BCUT2D eigenvalue weighted by Crippen LogP contribution is 2.28. The second-order valence-corrected chi connectivity index (χ2v) is 4.12. The second kappa shape index (κ2) is 5.09. The largest absolute Gasteiger partial charge is 0.394 e. The van der Waals surface area contributed by atoms with E-state index in [1.54, 1.807) is 6.92 Å². The number of hydrogen-bond acceptors (Lipinski definition) is 4. The van der Waals surface area contributed by atoms with Gasteiger partial charge in [-0.15, -0.1) is 0 Å². The molecule has 0 amide bonds. The van der Waals surface area contributed by atoms with E-state index in [0.717, 1.165) is 18.2 Å². The van der Waals surface area contributed by atoms with Crippen molar-refractivity contribution in [2.45, 2.75) is 25.8 Å². The molecule has 17 heavy (non-hydrogen) atoms. The van der Waals surface area contributed by atoms with Crippen molar-refractivity contribution in [1.29, 1.82) is 0 Å². The summed E-state index contributed by atoms with van der Waals surface area (Å²) in [5.74, 6) is -0.561. The number of nitro groups is 1. The molecule has 1 aromatic carbocycles. The first kappa shape index (κ1) is 13.4. The molecule has 0 aromatic heterocycles. The van der Waals surface area contributed by atoms with Gasteiger partial charge < -0.3 is 10.4 Å². The number of benzene rings is 1. The highest BCUT2D eigenvalue weighted by Gasteiger charge is 2.25. The number of rotatable bonds is 5. The molecule has 0 bridgehead atoms. The van der Waals surface area contributed by atoms with Gasteiger partial charge in [-0.2, -0.15) is 0 Å². The fraction of sp³-hybridized carbons (Fsp3) is 0.455. The number of halogens is 1. The maximum atomic E-state index is 13.1. The molecule has 0 saturated carbocycles. The predicted octanol–water partition coefficient (Wildman–Crippen LogP) is 2.31. The molecule has 0 aliphatic rings. The molecule has 1 aromatic rings. The van der Waals surface area contributed by atoms with E-state index in [4.69, 9.17) is 0 Å². The Hall–Kier alpha value is -1.69. The van der Waals surface area contributed by atoms with E-state index in [2.05, 4.69) is 5.32 Å². The van der Waals surface area contributed by atoms with Crippen LogP contribution in [-0.2, 0) is 0 Å². The van der Waals surface area contributed by atoms with Gasteiger partial charge in [0, 0.05) is 12.1 Å². The Labute approximate surface area is 98.4 Å². The Balaban J connectivity index is 3.12. The zero-order valence-corrected chi connectivity index (χ0v) is 9.74. The van der Waals surface area contributed by atoms with Crippen molar-refractivity contribution in [3.05, 3.63) is 34.1 Å². The number of nitrogens with zero attached hydrogens (tertiary/aromatic N) is 1. The summed E-state index contributed by atoms with van der Waals surface area (Å²) in [6, 6.07) is 3.19. The van der Waals surface area contributed by atoms with Crippen molar-refractivity contribution in [1.82, 2.24) is 0 Å². The first-order chi connectivity index (χ1) is 7.91. The minimum Gasteiger partial charge on any atom is -0.394 e. The molecular weight excluding hydrogens is 227 g/mol. The number of nitro benzene ring substituents is 1. The lowest BCUT2D eigenvalue weighted by Crippen LogP contribution is -2.38. The molecule has 5 nitrogen and oxygen atoms in total. The van der Waals surface area contributed by atoms with E-state index in [9.17, 15) is 19.6 Å². The van der Waals surface area contributed by atoms with Gasteiger partial charge in [-0.05, 0) is 19.4 Å². The SMILES string of the molecule is CCC(C)(CO)Nc1cc(F)ccc1[N+](=O)[O-]. The van der Waals surface area contributed by atoms with Gasteiger partial charge in [0.1, 0.15) is 11.5 Å². The summed E-state index contributed by atoms with van der Waals surface area (Å²) >= 11 is 0. The van der Waals surface area contributed by atoms with Crippen LogP contribution < -0.4 is 5.32 Å². The van der Waals surface area contributed by atoms with E-state index < -0.39 is 16.3 Å². The molecule has 1 unspecified atom stereocenters. The van der Waals surface area contributed by atoms with E-state index >= 15 is 0 Å². The summed E-state index contributed by atoms with van der Waals surface area (Å²) in [5, 5.41) is 22.8. The van der Waals surface area contributed by atoms with Gasteiger partial charge >= 0.3 is 0 Å². The number of anilines is 1. The fourth-order valence-electron chi connectivity index (χ4n) is 1.33. The topological polar surface area (TPSA) is 75.4 Å². The Morgan fingerprint density at radius 1 is 1.59 bits per heavy atom. The first-order valence-electron chi connectivity index (χ1n) is 5.25. The summed E-state index contributed by atoms with van der Waals surface area (Å²) < 4.78 is 13.1. The maximum absolute atomic E-state index is 13.1. The Morgan fingerprint density at radius 2 is 2.24 bits per heavy atom. The lowest BCUT2D eigenvalue weighted by molar-refractivity contribution is -0.384. The molecular formula is C11H15FN2O3. The number of aliphatic hydroxyl groups is 1. The number of aliphatic hydroxyl groups excluding tert-OH is 1. The monoisotopic (exact) mass is 242 g/mol. The predicted molar refractivity (Wildman–Crippen MR) is 62.5 cm³/mol. The zero-order chi connectivity index (χ0) is 13.1. The third-order valence-electron chi connectivity index (χ3n) is 2.72. The second-order valence-electron chi connectivity index (χ2n) is 4.12. The van der Waals surface area contributed by atoms with Crippen molar-refractivity contribution in [3.63, 3.8) is 0 Å². The number of hydrogen-bond donors (Lipinski definition) is 2. The van der Waals surface area contributed by atoms with Crippen LogP contribution in [0.2, 0.25) is 0 Å². The summed E-state index contributed by atoms with van der Waals surface area (Å²) in [6.45, 7) is 3.34. The number of nitrogens with one attached hydrogen (secondary N) is 1. The molecule has 2 N–H and O–H groups in total. The normalized spacial score (nSPS) is 14.1. The summed E-state index contributed by atoms with van der Waals surface area (Å²) in [7, 11) is 0. The van der Waals surface area contributed by atoms with Crippen LogP contribution in [0.4, 0.5) is 15.8 Å². The lowest BCUT2D eigenvalue weighted by atomic mass is 9.99. The van der Waals surface area contributed by atoms with Crippen molar-refractivity contribution < 1.29 is 14.4 Å². The molecule has 0 spiro atoms. The van der Waals surface area contributed by atoms with Gasteiger partial charge in [0.25, 0.3) is 5.69 Å². The van der Waals surface area contributed by atoms with Crippen LogP contribution in [0, 0.1) is 15.9 Å². The van der Waals surface area contributed by atoms with Crippen LogP contribution in [0.25, 0.3) is 0 Å². The van der Waals surface area contributed by atoms with Crippen molar-refractivity contribution in [2.75, 3.05) is 11.9 Å². The van der Waals surface area contributed by atoms with Gasteiger partial charge in [-0.3, -0.25) is 10.1 Å². The molecule has 94 valence electrons. The summed E-state index contributed by atoms with van der Waals surface area (Å²) in [5.41, 5.74) is -0.841. The van der Waals surface area contributed by atoms with Gasteiger partial charge in [0.05, 0.1) is 17.1 Å². The maximum Gasteiger partial charge on any atom is 0.292 e. The highest BCUT2D eigenvalue weighted by molar-refractivity contribution is 5.62. The van der Waals surface area contributed by atoms with E-state index in [-0.39, 0.29) is 18.0 Å². The van der Waals surface area contributed by atoms with Crippen molar-refractivity contribution in [3.8, 4) is 0 Å². The average Bonchev–Trinajstić information content (AvgIpc) is 2.28. The summed E-state index contributed by atoms with van der Waals surface area (Å²) in [6.07, 6.45) is 0.553. The molecule has 1 rings (SSSR count). The molecule has 0 radical (unpaired) electrons. The first-order valence-corrected chi connectivity index (χ1v) is 5.25.